The van der Waals surface area contributed by atoms with E-state index in [2.05, 4.69) is 21.3 Å². The zero-order valence-electron chi connectivity index (χ0n) is 68.8. The lowest BCUT2D eigenvalue weighted by molar-refractivity contribution is -0.152. The lowest BCUT2D eigenvalue weighted by atomic mass is 9.96. The van der Waals surface area contributed by atoms with Crippen LogP contribution in [-0.4, -0.2) is 288 Å². The molecule has 2 saturated heterocycles. The van der Waals surface area contributed by atoms with Crippen LogP contribution in [0.3, 0.4) is 0 Å². The number of nitrogens with zero attached hydrogens (tertiary/aromatic N) is 8. The fraction of sp³-hybridized carbons (Fsp3) is 0.704. The van der Waals surface area contributed by atoms with Crippen molar-refractivity contribution in [3.05, 3.63) is 71.8 Å². The van der Waals surface area contributed by atoms with Crippen molar-refractivity contribution >= 4 is 70.9 Å². The van der Waals surface area contributed by atoms with Gasteiger partial charge in [0, 0.05) is 101 Å². The number of carbonyl (C=O) groups excluding carboxylic acids is 12. The Balaban J connectivity index is 2.00. The first-order valence-corrected chi connectivity index (χ1v) is 39.1. The quantitative estimate of drug-likeness (QED) is 0.0838. The number of carbonyl (C=O) groups is 12. The van der Waals surface area contributed by atoms with Crippen molar-refractivity contribution < 1.29 is 77.2 Å². The van der Waals surface area contributed by atoms with E-state index in [1.54, 1.807) is 93.3 Å². The molecule has 2 aromatic rings. The van der Waals surface area contributed by atoms with Crippen molar-refractivity contribution in [2.75, 3.05) is 95.4 Å². The summed E-state index contributed by atoms with van der Waals surface area (Å²) >= 11 is 0. The molecule has 2 aliphatic heterocycles. The SMILES string of the molecule is CC(C)CCOC[C@@H]1NC(=O)[C@H](Cc2ccccc2)N(C)C(=O)[C@H](Cc2ccccc2)N(C)C(=O)[C@H](COCCC(C)(C)O)NC(=O)[C@H](CC(C)C)N(C)C(=O)CCCN(C)C(=O)C[C@@H](C(=O)N2CCCCC2)NC(=O)[C@H](CC(C)C)N(C)C(=O)[C@H](CC(C)C)N(C)C(=O)[C@H]([C@@H](C)O)NC(=O)[C@H](C(C)C)N(C)C1=O. The zero-order chi connectivity index (χ0) is 81.9. The molecular weight excluding hydrogens is 1400 g/mol. The minimum absolute atomic E-state index is 0.0119. The van der Waals surface area contributed by atoms with Gasteiger partial charge < -0.3 is 80.2 Å². The van der Waals surface area contributed by atoms with Gasteiger partial charge in [-0.2, -0.15) is 0 Å². The second-order valence-corrected chi connectivity index (χ2v) is 32.6. The van der Waals surface area contributed by atoms with E-state index in [0.717, 1.165) is 16.2 Å². The minimum atomic E-state index is -1.72. The van der Waals surface area contributed by atoms with Crippen molar-refractivity contribution in [3.8, 4) is 0 Å². The topological polar surface area (TPSA) is 338 Å². The molecule has 612 valence electrons. The number of benzene rings is 2. The fourth-order valence-electron chi connectivity index (χ4n) is 13.6. The third-order valence-corrected chi connectivity index (χ3v) is 20.4. The first-order chi connectivity index (χ1) is 51.1. The van der Waals surface area contributed by atoms with Crippen LogP contribution >= 0.6 is 0 Å². The predicted octanol–water partition coefficient (Wildman–Crippen LogP) is 4.44. The molecular formula is C81H132N12O16. The van der Waals surface area contributed by atoms with E-state index >= 15 is 43.2 Å². The molecule has 0 spiro atoms. The largest absolute Gasteiger partial charge is 0.391 e. The van der Waals surface area contributed by atoms with E-state index in [9.17, 15) is 24.6 Å². The van der Waals surface area contributed by atoms with Crippen LogP contribution in [0.4, 0.5) is 0 Å². The molecule has 0 aliphatic carbocycles. The lowest BCUT2D eigenvalue weighted by Crippen LogP contribution is -2.63. The highest BCUT2D eigenvalue weighted by Crippen LogP contribution is 2.24. The van der Waals surface area contributed by atoms with Gasteiger partial charge in [-0.25, -0.2) is 0 Å². The van der Waals surface area contributed by atoms with Gasteiger partial charge in [-0.05, 0) is 119 Å². The molecule has 28 heteroatoms. The maximum absolute atomic E-state index is 15.8. The van der Waals surface area contributed by atoms with Gasteiger partial charge in [-0.3, -0.25) is 57.5 Å². The van der Waals surface area contributed by atoms with E-state index in [-0.39, 0.29) is 94.8 Å². The summed E-state index contributed by atoms with van der Waals surface area (Å²) < 4.78 is 12.2. The number of likely N-dealkylation sites (N-methyl/N-ethyl adjacent to an activating group) is 6. The Morgan fingerprint density at radius 1 is 0.477 bits per heavy atom. The number of rotatable bonds is 23. The van der Waals surface area contributed by atoms with Gasteiger partial charge in [0.25, 0.3) is 0 Å². The van der Waals surface area contributed by atoms with Crippen molar-refractivity contribution in [1.29, 1.82) is 0 Å². The number of aliphatic hydroxyl groups is 2. The Bertz CT molecular complexity index is 3290. The minimum Gasteiger partial charge on any atom is -0.391 e. The Morgan fingerprint density at radius 2 is 0.917 bits per heavy atom. The molecule has 2 heterocycles. The van der Waals surface area contributed by atoms with Gasteiger partial charge in [0.2, 0.25) is 70.9 Å². The summed E-state index contributed by atoms with van der Waals surface area (Å²) in [6.07, 6.45) is 0.893. The Labute approximate surface area is 648 Å². The molecule has 109 heavy (non-hydrogen) atoms. The average Bonchev–Trinajstić information content (AvgIpc) is 0.813. The lowest BCUT2D eigenvalue weighted by Gasteiger charge is -2.38. The van der Waals surface area contributed by atoms with Gasteiger partial charge in [-0.1, -0.05) is 130 Å². The van der Waals surface area contributed by atoms with Gasteiger partial charge in [0.05, 0.1) is 31.3 Å². The van der Waals surface area contributed by atoms with E-state index in [1.807, 2.05) is 55.4 Å². The molecule has 0 radical (unpaired) electrons. The highest BCUT2D eigenvalue weighted by molar-refractivity contribution is 6.00. The number of ether oxygens (including phenoxy) is 2. The summed E-state index contributed by atoms with van der Waals surface area (Å²) in [7, 11) is 9.94. The second kappa shape index (κ2) is 44.7. The number of nitrogens with one attached hydrogen (secondary N) is 4. The maximum atomic E-state index is 15.8. The van der Waals surface area contributed by atoms with Crippen LogP contribution < -0.4 is 21.3 Å². The fourth-order valence-corrected chi connectivity index (χ4v) is 13.6. The van der Waals surface area contributed by atoms with Crippen molar-refractivity contribution in [1.82, 2.24) is 60.5 Å². The summed E-state index contributed by atoms with van der Waals surface area (Å²) in [5, 5.41) is 33.5. The smallest absolute Gasteiger partial charge is 0.248 e. The molecule has 6 N–H and O–H groups in total. The average molecular weight is 1530 g/mol. The van der Waals surface area contributed by atoms with Gasteiger partial charge in [0.1, 0.15) is 60.4 Å². The number of piperidine rings is 1. The number of likely N-dealkylation sites (tertiary alicyclic amines) is 1. The molecule has 12 amide bonds. The Kier molecular flexibility index (Phi) is 38.2. The Hall–Kier alpha value is -8.08. The first-order valence-electron chi connectivity index (χ1n) is 39.1. The predicted molar refractivity (Wildman–Crippen MR) is 416 cm³/mol. The van der Waals surface area contributed by atoms with E-state index < -0.39 is 169 Å². The van der Waals surface area contributed by atoms with Crippen LogP contribution in [0, 0.1) is 29.6 Å². The van der Waals surface area contributed by atoms with Crippen LogP contribution in [0.1, 0.15) is 172 Å². The third-order valence-electron chi connectivity index (χ3n) is 20.4. The molecule has 0 aromatic heterocycles. The normalized spacial score (nSPS) is 24.4. The highest BCUT2D eigenvalue weighted by atomic mass is 16.5. The molecule has 0 saturated carbocycles. The summed E-state index contributed by atoms with van der Waals surface area (Å²) in [5.74, 6) is -9.66. The molecule has 2 aromatic carbocycles. The third kappa shape index (κ3) is 29.3. The van der Waals surface area contributed by atoms with Crippen LogP contribution in [-0.2, 0) is 79.8 Å². The molecule has 11 atom stereocenters. The van der Waals surface area contributed by atoms with Crippen molar-refractivity contribution in [2.24, 2.45) is 29.6 Å². The standard InChI is InChI=1S/C81H132N12O16/c1-51(2)36-41-108-49-61-76(102)92(20)70(55(9)10)74(100)85-69(56(11)94)80(106)91(19)65(45-54(7)8)78(104)88(16)63(44-53(5)6)72(98)82-59(77(103)93-39-28-23-29-40-93)48-68(96)86(14)38-30-35-67(95)87(15)62(43-52(3)4)71(97)83-60(50-109-42-37-81(12,13)107)75(101)90(18)66(47-58-33-26-22-27-34-58)79(105)89(17)64(73(99)84-61)46-57-31-24-21-25-32-57/h21-22,24-27,31-34,51-56,59-66,69-70,94,107H,23,28-30,35-50H2,1-20H3,(H,82,98)(H,83,97)(H,84,99)(H,85,100)/t56-,59+,60+,61+,62+,63+,64+,65+,66+,69+,70+/m1/s1. The summed E-state index contributed by atoms with van der Waals surface area (Å²) in [6, 6.07) is 3.65. The summed E-state index contributed by atoms with van der Waals surface area (Å²) in [4.78, 5) is 191. The number of aliphatic hydroxyl groups excluding tert-OH is 1. The van der Waals surface area contributed by atoms with Gasteiger partial charge in [0.15, 0.2) is 0 Å². The monoisotopic (exact) mass is 1530 g/mol. The van der Waals surface area contributed by atoms with Crippen molar-refractivity contribution in [2.45, 2.75) is 246 Å². The first kappa shape index (κ1) is 93.3. The maximum Gasteiger partial charge on any atom is 0.248 e. The molecule has 4 rings (SSSR count). The highest BCUT2D eigenvalue weighted by Gasteiger charge is 2.45. The van der Waals surface area contributed by atoms with Crippen LogP contribution in [0.25, 0.3) is 0 Å². The summed E-state index contributed by atoms with van der Waals surface area (Å²) in [5.41, 5.74) is 0.0520. The molecule has 0 bridgehead atoms. The molecule has 0 unspecified atom stereocenters. The number of amides is 12. The van der Waals surface area contributed by atoms with E-state index in [0.29, 0.717) is 43.5 Å². The van der Waals surface area contributed by atoms with Crippen molar-refractivity contribution in [3.63, 3.8) is 0 Å². The van der Waals surface area contributed by atoms with Crippen LogP contribution in [0.5, 0.6) is 0 Å². The Morgan fingerprint density at radius 3 is 1.41 bits per heavy atom. The number of hydrogen-bond donors (Lipinski definition) is 6. The summed E-state index contributed by atoms with van der Waals surface area (Å²) in [6.45, 7) is 22.9. The van der Waals surface area contributed by atoms with Gasteiger partial charge >= 0.3 is 0 Å². The van der Waals surface area contributed by atoms with Crippen LogP contribution in [0.15, 0.2) is 60.7 Å². The molecule has 2 fully saturated rings. The van der Waals surface area contributed by atoms with E-state index in [1.165, 1.54) is 80.8 Å². The van der Waals surface area contributed by atoms with Crippen LogP contribution in [0.2, 0.25) is 0 Å². The van der Waals surface area contributed by atoms with E-state index in [4.69, 9.17) is 9.47 Å². The second-order valence-electron chi connectivity index (χ2n) is 32.6. The molecule has 28 nitrogen and oxygen atoms in total. The molecule has 2 aliphatic rings. The number of hydrogen-bond acceptors (Lipinski definition) is 16. The zero-order valence-corrected chi connectivity index (χ0v) is 68.8. The van der Waals surface area contributed by atoms with Gasteiger partial charge in [-0.15, -0.1) is 0 Å².